The normalized spacial score (nSPS) is 19.5. The molecule has 0 radical (unpaired) electrons. The molecular weight excluding hydrogens is 218 g/mol. The Hall–Kier alpha value is -1.32. The first-order valence-electron chi connectivity index (χ1n) is 6.13. The van der Waals surface area contributed by atoms with Gasteiger partial charge in [-0.3, -0.25) is 9.59 Å². The van der Waals surface area contributed by atoms with Gasteiger partial charge >= 0.3 is 5.97 Å². The van der Waals surface area contributed by atoms with E-state index in [1.165, 1.54) is 0 Å². The monoisotopic (exact) mass is 239 g/mol. The second-order valence-electron chi connectivity index (χ2n) is 4.55. The fourth-order valence-corrected chi connectivity index (χ4v) is 2.01. The molecule has 0 saturated carbocycles. The average Bonchev–Trinajstić information content (AvgIpc) is 2.58. The second kappa shape index (κ2) is 6.42. The molecule has 0 aliphatic carbocycles. The third kappa shape index (κ3) is 4.21. The lowest BCUT2D eigenvalue weighted by atomic mass is 9.99. The molecule has 1 fully saturated rings. The van der Waals surface area contributed by atoms with Gasteiger partial charge in [0.15, 0.2) is 0 Å². The van der Waals surface area contributed by atoms with Gasteiger partial charge in [0.1, 0.15) is 6.54 Å². The Bertz CT molecular complexity index is 312. The minimum atomic E-state index is -0.318. The third-order valence-electron chi connectivity index (χ3n) is 2.95. The second-order valence-corrected chi connectivity index (χ2v) is 4.55. The molecule has 1 atom stereocenters. The fraction of sp³-hybridized carbons (Fsp3) is 0.692. The Morgan fingerprint density at radius 3 is 2.88 bits per heavy atom. The first-order valence-corrected chi connectivity index (χ1v) is 6.13. The minimum Gasteiger partial charge on any atom is -0.465 e. The average molecular weight is 239 g/mol. The van der Waals surface area contributed by atoms with Gasteiger partial charge in [-0.2, -0.15) is 0 Å². The Morgan fingerprint density at radius 1 is 1.59 bits per heavy atom. The van der Waals surface area contributed by atoms with Crippen molar-refractivity contribution in [3.8, 4) is 0 Å². The van der Waals surface area contributed by atoms with Crippen LogP contribution in [0, 0.1) is 5.92 Å². The van der Waals surface area contributed by atoms with Gasteiger partial charge in [0.25, 0.3) is 0 Å². The van der Waals surface area contributed by atoms with Gasteiger partial charge in [0, 0.05) is 12.5 Å². The number of esters is 1. The van der Waals surface area contributed by atoms with E-state index in [1.807, 2.05) is 6.92 Å². The van der Waals surface area contributed by atoms with E-state index in [1.54, 1.807) is 11.8 Å². The summed E-state index contributed by atoms with van der Waals surface area (Å²) in [5, 5.41) is 0. The zero-order valence-corrected chi connectivity index (χ0v) is 10.7. The highest BCUT2D eigenvalue weighted by molar-refractivity contribution is 5.85. The van der Waals surface area contributed by atoms with Crippen LogP contribution in [0.2, 0.25) is 0 Å². The number of likely N-dealkylation sites (tertiary alicyclic amines) is 1. The molecule has 4 heteroatoms. The lowest BCUT2D eigenvalue weighted by Crippen LogP contribution is -2.33. The maximum absolute atomic E-state index is 11.9. The fourth-order valence-electron chi connectivity index (χ4n) is 2.01. The summed E-state index contributed by atoms with van der Waals surface area (Å²) in [7, 11) is 0. The Morgan fingerprint density at radius 2 is 2.29 bits per heavy atom. The minimum absolute atomic E-state index is 0.0566. The van der Waals surface area contributed by atoms with E-state index < -0.39 is 0 Å². The first-order chi connectivity index (χ1) is 8.04. The number of rotatable bonds is 6. The van der Waals surface area contributed by atoms with Gasteiger partial charge < -0.3 is 9.64 Å². The zero-order chi connectivity index (χ0) is 12.8. The highest BCUT2D eigenvalue weighted by Crippen LogP contribution is 2.23. The number of amides is 1. The summed E-state index contributed by atoms with van der Waals surface area (Å²) in [5.74, 6) is -0.179. The number of nitrogens with zero attached hydrogens (tertiary/aromatic N) is 1. The molecule has 0 aromatic heterocycles. The largest absolute Gasteiger partial charge is 0.465 e. The van der Waals surface area contributed by atoms with Crippen LogP contribution in [0.25, 0.3) is 0 Å². The number of carbonyl (C=O) groups excluding carboxylic acids is 2. The molecule has 0 aromatic carbocycles. The van der Waals surface area contributed by atoms with E-state index in [0.29, 0.717) is 13.2 Å². The molecular formula is C13H21NO3. The summed E-state index contributed by atoms with van der Waals surface area (Å²) in [6, 6.07) is 0. The number of hydrogen-bond donors (Lipinski definition) is 0. The summed E-state index contributed by atoms with van der Waals surface area (Å²) in [6.45, 7) is 8.68. The van der Waals surface area contributed by atoms with Gasteiger partial charge in [0.2, 0.25) is 5.91 Å². The molecule has 1 heterocycles. The molecule has 17 heavy (non-hydrogen) atoms. The molecule has 0 spiro atoms. The molecule has 1 saturated heterocycles. The molecule has 1 aliphatic rings. The van der Waals surface area contributed by atoms with Crippen LogP contribution in [-0.2, 0) is 14.3 Å². The van der Waals surface area contributed by atoms with Crippen molar-refractivity contribution in [2.24, 2.45) is 5.92 Å². The number of hydrogen-bond acceptors (Lipinski definition) is 3. The highest BCUT2D eigenvalue weighted by atomic mass is 16.5. The molecule has 1 rings (SSSR count). The maximum Gasteiger partial charge on any atom is 0.325 e. The summed E-state index contributed by atoms with van der Waals surface area (Å²) >= 11 is 0. The van der Waals surface area contributed by atoms with Gasteiger partial charge in [0.05, 0.1) is 6.61 Å². The Balaban J connectivity index is 2.38. The molecule has 0 N–H and O–H groups in total. The topological polar surface area (TPSA) is 46.6 Å². The molecule has 0 bridgehead atoms. The molecule has 0 unspecified atom stereocenters. The van der Waals surface area contributed by atoms with Gasteiger partial charge in [-0.1, -0.05) is 5.57 Å². The molecule has 1 aliphatic heterocycles. The number of carbonyl (C=O) groups is 2. The van der Waals surface area contributed by atoms with Crippen molar-refractivity contribution in [2.45, 2.75) is 33.1 Å². The van der Waals surface area contributed by atoms with Crippen LogP contribution in [-0.4, -0.2) is 36.5 Å². The summed E-state index contributed by atoms with van der Waals surface area (Å²) in [4.78, 5) is 24.8. The quantitative estimate of drug-likeness (QED) is 0.524. The van der Waals surface area contributed by atoms with Crippen LogP contribution >= 0.6 is 0 Å². The van der Waals surface area contributed by atoms with E-state index in [2.05, 4.69) is 6.58 Å². The maximum atomic E-state index is 11.9. The van der Waals surface area contributed by atoms with Gasteiger partial charge in [-0.15, -0.1) is 6.58 Å². The molecule has 1 amide bonds. The van der Waals surface area contributed by atoms with Crippen molar-refractivity contribution >= 4 is 11.9 Å². The summed E-state index contributed by atoms with van der Waals surface area (Å²) < 4.78 is 4.84. The van der Waals surface area contributed by atoms with Crippen molar-refractivity contribution < 1.29 is 14.3 Å². The molecule has 4 nitrogen and oxygen atoms in total. The predicted octanol–water partition coefficient (Wildman–Crippen LogP) is 1.75. The predicted molar refractivity (Wildman–Crippen MR) is 65.4 cm³/mol. The van der Waals surface area contributed by atoms with E-state index in [9.17, 15) is 9.59 Å². The molecule has 96 valence electrons. The van der Waals surface area contributed by atoms with E-state index in [0.717, 1.165) is 24.8 Å². The van der Waals surface area contributed by atoms with E-state index in [4.69, 9.17) is 4.74 Å². The lowest BCUT2D eigenvalue weighted by molar-refractivity contribution is -0.148. The first kappa shape index (κ1) is 13.7. The Kier molecular flexibility index (Phi) is 5.19. The van der Waals surface area contributed by atoms with Crippen molar-refractivity contribution in [3.05, 3.63) is 12.2 Å². The van der Waals surface area contributed by atoms with Crippen molar-refractivity contribution in [3.63, 3.8) is 0 Å². The van der Waals surface area contributed by atoms with Crippen LogP contribution in [0.1, 0.15) is 33.1 Å². The highest BCUT2D eigenvalue weighted by Gasteiger charge is 2.32. The standard InChI is InChI=1S/C13H21NO3/c1-4-17-12(15)9-14-8-7-11(13(14)16)6-5-10(2)3/h11H,2,4-9H2,1,3H3/t11-/m0/s1. The van der Waals surface area contributed by atoms with Crippen LogP contribution in [0.3, 0.4) is 0 Å². The van der Waals surface area contributed by atoms with Crippen molar-refractivity contribution in [2.75, 3.05) is 19.7 Å². The third-order valence-corrected chi connectivity index (χ3v) is 2.95. The van der Waals surface area contributed by atoms with E-state index >= 15 is 0 Å². The van der Waals surface area contributed by atoms with Crippen molar-refractivity contribution in [1.82, 2.24) is 4.90 Å². The number of allylic oxidation sites excluding steroid dienone is 1. The van der Waals surface area contributed by atoms with Gasteiger partial charge in [-0.25, -0.2) is 0 Å². The van der Waals surface area contributed by atoms with Crippen LogP contribution < -0.4 is 0 Å². The van der Waals surface area contributed by atoms with Gasteiger partial charge in [-0.05, 0) is 33.1 Å². The molecule has 0 aromatic rings. The van der Waals surface area contributed by atoms with Crippen molar-refractivity contribution in [1.29, 1.82) is 0 Å². The van der Waals surface area contributed by atoms with Crippen LogP contribution in [0.5, 0.6) is 0 Å². The zero-order valence-electron chi connectivity index (χ0n) is 10.7. The van der Waals surface area contributed by atoms with Crippen LogP contribution in [0.15, 0.2) is 12.2 Å². The summed E-state index contributed by atoms with van der Waals surface area (Å²) in [6.07, 6.45) is 2.56. The summed E-state index contributed by atoms with van der Waals surface area (Å²) in [5.41, 5.74) is 1.10. The lowest BCUT2D eigenvalue weighted by Gasteiger charge is -2.15. The smallest absolute Gasteiger partial charge is 0.325 e. The van der Waals surface area contributed by atoms with E-state index in [-0.39, 0.29) is 24.3 Å². The Labute approximate surface area is 103 Å². The SMILES string of the molecule is C=C(C)CC[C@H]1CCN(CC(=O)OCC)C1=O. The number of ether oxygens (including phenoxy) is 1. The van der Waals surface area contributed by atoms with Crippen LogP contribution in [0.4, 0.5) is 0 Å².